The summed E-state index contributed by atoms with van der Waals surface area (Å²) in [5, 5.41) is 9.21. The average Bonchev–Trinajstić information content (AvgIpc) is 2.22. The first-order valence-electron chi connectivity index (χ1n) is 4.68. The molecule has 1 unspecified atom stereocenters. The second-order valence-corrected chi connectivity index (χ2v) is 3.86. The summed E-state index contributed by atoms with van der Waals surface area (Å²) in [6.07, 6.45) is 0. The van der Waals surface area contributed by atoms with Gasteiger partial charge in [0.25, 0.3) is 0 Å². The van der Waals surface area contributed by atoms with Gasteiger partial charge in [-0.15, -0.1) is 0 Å². The van der Waals surface area contributed by atoms with Crippen molar-refractivity contribution in [3.63, 3.8) is 0 Å². The topological polar surface area (TPSA) is 57.9 Å². The Bertz CT molecular complexity index is 488. The number of ketones is 2. The molecule has 1 aromatic rings. The molecule has 0 amide bonds. The molecule has 0 aliphatic heterocycles. The quantitative estimate of drug-likeness (QED) is 0.598. The first-order chi connectivity index (χ1) is 7.49. The average molecular weight is 236 g/mol. The lowest BCUT2D eigenvalue weighted by atomic mass is 9.93. The normalized spacial score (nSPS) is 11.6. The molecule has 0 bridgehead atoms. The minimum atomic E-state index is -1.24. The number of carbonyl (C=O) groups is 2. The predicted molar refractivity (Wildman–Crippen MR) is 60.3 cm³/mol. The Morgan fingerprint density at radius 2 is 2.06 bits per heavy atom. The van der Waals surface area contributed by atoms with E-state index in [9.17, 15) is 9.59 Å². The standard InChI is InChI=1S/C12H10ClNO2/c1-7-9(4-3-5-11(7)13)12(16)10(6-14)8(2)15/h3-5,10H,1-2H3. The fourth-order valence-electron chi connectivity index (χ4n) is 1.36. The van der Waals surface area contributed by atoms with E-state index in [0.717, 1.165) is 0 Å². The van der Waals surface area contributed by atoms with E-state index in [1.54, 1.807) is 31.2 Å². The number of halogens is 1. The molecule has 0 spiro atoms. The molecule has 3 nitrogen and oxygen atoms in total. The maximum absolute atomic E-state index is 11.9. The highest BCUT2D eigenvalue weighted by atomic mass is 35.5. The summed E-state index contributed by atoms with van der Waals surface area (Å²) in [5.74, 6) is -2.18. The molecule has 0 N–H and O–H groups in total. The summed E-state index contributed by atoms with van der Waals surface area (Å²) in [4.78, 5) is 23.0. The molecule has 0 aliphatic carbocycles. The van der Waals surface area contributed by atoms with Gasteiger partial charge in [-0.2, -0.15) is 5.26 Å². The molecule has 0 aliphatic rings. The van der Waals surface area contributed by atoms with Crippen LogP contribution in [0.25, 0.3) is 0 Å². The minimum Gasteiger partial charge on any atom is -0.298 e. The molecule has 0 fully saturated rings. The second kappa shape index (κ2) is 4.91. The van der Waals surface area contributed by atoms with Crippen LogP contribution in [0.15, 0.2) is 18.2 Å². The zero-order valence-electron chi connectivity index (χ0n) is 8.95. The zero-order chi connectivity index (χ0) is 12.3. The van der Waals surface area contributed by atoms with Crippen molar-refractivity contribution in [2.75, 3.05) is 0 Å². The molecular weight excluding hydrogens is 226 g/mol. The molecule has 0 radical (unpaired) electrons. The number of benzene rings is 1. The summed E-state index contributed by atoms with van der Waals surface area (Å²) in [6.45, 7) is 2.91. The van der Waals surface area contributed by atoms with Crippen molar-refractivity contribution >= 4 is 23.2 Å². The Labute approximate surface area is 98.6 Å². The third-order valence-electron chi connectivity index (χ3n) is 2.33. The maximum Gasteiger partial charge on any atom is 0.187 e. The van der Waals surface area contributed by atoms with Crippen molar-refractivity contribution in [2.45, 2.75) is 13.8 Å². The van der Waals surface area contributed by atoms with Crippen molar-refractivity contribution in [3.05, 3.63) is 34.3 Å². The Balaban J connectivity index is 3.20. The number of rotatable bonds is 3. The summed E-state index contributed by atoms with van der Waals surface area (Å²) in [5.41, 5.74) is 0.921. The smallest absolute Gasteiger partial charge is 0.187 e. The fraction of sp³-hybridized carbons (Fsp3) is 0.250. The highest BCUT2D eigenvalue weighted by molar-refractivity contribution is 6.32. The van der Waals surface area contributed by atoms with Crippen LogP contribution in [0.5, 0.6) is 0 Å². The van der Waals surface area contributed by atoms with Gasteiger partial charge in [0.15, 0.2) is 17.5 Å². The number of nitrogens with zero attached hydrogens (tertiary/aromatic N) is 1. The van der Waals surface area contributed by atoms with Gasteiger partial charge in [0.2, 0.25) is 0 Å². The Hall–Kier alpha value is -1.66. The van der Waals surface area contributed by atoms with E-state index in [2.05, 4.69) is 0 Å². The van der Waals surface area contributed by atoms with Gasteiger partial charge in [-0.05, 0) is 25.5 Å². The van der Waals surface area contributed by atoms with Gasteiger partial charge in [0.1, 0.15) is 0 Å². The van der Waals surface area contributed by atoms with Crippen LogP contribution in [0.1, 0.15) is 22.8 Å². The number of hydrogen-bond acceptors (Lipinski definition) is 3. The molecule has 0 heterocycles. The van der Waals surface area contributed by atoms with Gasteiger partial charge >= 0.3 is 0 Å². The second-order valence-electron chi connectivity index (χ2n) is 3.45. The summed E-state index contributed by atoms with van der Waals surface area (Å²) < 4.78 is 0. The van der Waals surface area contributed by atoms with Gasteiger partial charge in [0, 0.05) is 10.6 Å². The first-order valence-corrected chi connectivity index (χ1v) is 5.06. The third-order valence-corrected chi connectivity index (χ3v) is 2.74. The SMILES string of the molecule is CC(=O)C(C#N)C(=O)c1cccc(Cl)c1C. The van der Waals surface area contributed by atoms with Crippen molar-refractivity contribution in [1.29, 1.82) is 5.26 Å². The zero-order valence-corrected chi connectivity index (χ0v) is 9.71. The highest BCUT2D eigenvalue weighted by Crippen LogP contribution is 2.21. The Kier molecular flexibility index (Phi) is 3.81. The Morgan fingerprint density at radius 3 is 2.56 bits per heavy atom. The molecule has 82 valence electrons. The van der Waals surface area contributed by atoms with E-state index in [-0.39, 0.29) is 0 Å². The fourth-order valence-corrected chi connectivity index (χ4v) is 1.54. The van der Waals surface area contributed by atoms with Crippen LogP contribution in [0, 0.1) is 24.2 Å². The van der Waals surface area contributed by atoms with Crippen LogP contribution in [-0.4, -0.2) is 11.6 Å². The van der Waals surface area contributed by atoms with Crippen LogP contribution in [0.4, 0.5) is 0 Å². The molecule has 16 heavy (non-hydrogen) atoms. The van der Waals surface area contributed by atoms with Crippen LogP contribution >= 0.6 is 11.6 Å². The van der Waals surface area contributed by atoms with Gasteiger partial charge < -0.3 is 0 Å². The van der Waals surface area contributed by atoms with Gasteiger partial charge in [-0.25, -0.2) is 0 Å². The van der Waals surface area contributed by atoms with E-state index in [0.29, 0.717) is 16.1 Å². The monoisotopic (exact) mass is 235 g/mol. The Morgan fingerprint density at radius 1 is 1.44 bits per heavy atom. The van der Waals surface area contributed by atoms with Gasteiger partial charge in [-0.3, -0.25) is 9.59 Å². The highest BCUT2D eigenvalue weighted by Gasteiger charge is 2.25. The van der Waals surface area contributed by atoms with Gasteiger partial charge in [0.05, 0.1) is 6.07 Å². The van der Waals surface area contributed by atoms with Crippen molar-refractivity contribution in [2.24, 2.45) is 5.92 Å². The van der Waals surface area contributed by atoms with E-state index in [4.69, 9.17) is 16.9 Å². The summed E-state index contributed by atoms with van der Waals surface area (Å²) in [6, 6.07) is 6.55. The minimum absolute atomic E-state index is 0.328. The maximum atomic E-state index is 11.9. The van der Waals surface area contributed by atoms with Gasteiger partial charge in [-0.1, -0.05) is 23.7 Å². The molecule has 0 aromatic heterocycles. The molecule has 4 heteroatoms. The summed E-state index contributed by atoms with van der Waals surface area (Å²) >= 11 is 5.87. The lowest BCUT2D eigenvalue weighted by Crippen LogP contribution is -2.21. The van der Waals surface area contributed by atoms with Crippen LogP contribution in [0.3, 0.4) is 0 Å². The molecular formula is C12H10ClNO2. The van der Waals surface area contributed by atoms with Crippen LogP contribution in [-0.2, 0) is 4.79 Å². The third kappa shape index (κ3) is 2.29. The number of nitriles is 1. The molecule has 0 saturated heterocycles. The van der Waals surface area contributed by atoms with E-state index in [1.807, 2.05) is 0 Å². The predicted octanol–water partition coefficient (Wildman–Crippen LogP) is 2.56. The lowest BCUT2D eigenvalue weighted by Gasteiger charge is -2.08. The van der Waals surface area contributed by atoms with Crippen molar-refractivity contribution in [1.82, 2.24) is 0 Å². The number of Topliss-reactive ketones (excluding diaryl/α,β-unsaturated/α-hetero) is 2. The van der Waals surface area contributed by atoms with Crippen molar-refractivity contribution < 1.29 is 9.59 Å². The lowest BCUT2D eigenvalue weighted by molar-refractivity contribution is -0.118. The van der Waals surface area contributed by atoms with E-state index in [1.165, 1.54) is 6.92 Å². The molecule has 1 aromatic carbocycles. The largest absolute Gasteiger partial charge is 0.298 e. The molecule has 1 atom stereocenters. The molecule has 0 saturated carbocycles. The van der Waals surface area contributed by atoms with Crippen LogP contribution < -0.4 is 0 Å². The van der Waals surface area contributed by atoms with E-state index < -0.39 is 17.5 Å². The van der Waals surface area contributed by atoms with Crippen LogP contribution in [0.2, 0.25) is 5.02 Å². The number of carbonyl (C=O) groups excluding carboxylic acids is 2. The molecule has 1 rings (SSSR count). The number of hydrogen-bond donors (Lipinski definition) is 0. The van der Waals surface area contributed by atoms with E-state index >= 15 is 0 Å². The summed E-state index contributed by atoms with van der Waals surface area (Å²) in [7, 11) is 0. The van der Waals surface area contributed by atoms with Crippen molar-refractivity contribution in [3.8, 4) is 6.07 Å². The first kappa shape index (κ1) is 12.4.